The standard InChI is InChI=1S/C16H19FN2O2S/c1-22-16(8-9-16)15(21)18-12-6-4-10-19(14(12)20)13-7-3-2-5-11(13)17/h2-3,5,7,12H,4,6,8-10H2,1H3,(H,18,21)/t12-/m1/s1. The summed E-state index contributed by atoms with van der Waals surface area (Å²) in [5.74, 6) is -0.694. The lowest BCUT2D eigenvalue weighted by Crippen LogP contribution is -2.54. The van der Waals surface area contributed by atoms with Gasteiger partial charge in [-0.2, -0.15) is 0 Å². The Labute approximate surface area is 133 Å². The molecule has 0 spiro atoms. The van der Waals surface area contributed by atoms with E-state index >= 15 is 0 Å². The van der Waals surface area contributed by atoms with Crippen LogP contribution in [0.5, 0.6) is 0 Å². The molecule has 2 amide bonds. The predicted molar refractivity (Wildman–Crippen MR) is 85.4 cm³/mol. The minimum atomic E-state index is -0.550. The number of thioether (sulfide) groups is 1. The Kier molecular flexibility index (Phi) is 4.12. The first-order valence-electron chi connectivity index (χ1n) is 7.49. The lowest BCUT2D eigenvalue weighted by molar-refractivity contribution is -0.128. The molecule has 1 aromatic carbocycles. The molecular formula is C16H19FN2O2S. The molecule has 0 bridgehead atoms. The zero-order valence-electron chi connectivity index (χ0n) is 12.5. The number of carbonyl (C=O) groups is 2. The van der Waals surface area contributed by atoms with Gasteiger partial charge in [-0.1, -0.05) is 12.1 Å². The average molecular weight is 322 g/mol. The van der Waals surface area contributed by atoms with Crippen LogP contribution in [0.3, 0.4) is 0 Å². The van der Waals surface area contributed by atoms with Crippen LogP contribution in [0, 0.1) is 5.82 Å². The number of benzene rings is 1. The monoisotopic (exact) mass is 322 g/mol. The van der Waals surface area contributed by atoms with Gasteiger partial charge in [0.15, 0.2) is 0 Å². The van der Waals surface area contributed by atoms with Crippen LogP contribution >= 0.6 is 11.8 Å². The fraction of sp³-hybridized carbons (Fsp3) is 0.500. The molecule has 1 N–H and O–H groups in total. The van der Waals surface area contributed by atoms with E-state index in [-0.39, 0.29) is 22.2 Å². The summed E-state index contributed by atoms with van der Waals surface area (Å²) >= 11 is 1.54. The SMILES string of the molecule is CSC1(C(=O)N[C@@H]2CCCN(c3ccccc3F)C2=O)CC1. The highest BCUT2D eigenvalue weighted by Crippen LogP contribution is 2.47. The molecule has 1 saturated heterocycles. The highest BCUT2D eigenvalue weighted by atomic mass is 32.2. The summed E-state index contributed by atoms with van der Waals surface area (Å²) in [7, 11) is 0. The van der Waals surface area contributed by atoms with Gasteiger partial charge >= 0.3 is 0 Å². The number of piperidine rings is 1. The summed E-state index contributed by atoms with van der Waals surface area (Å²) in [6.07, 6.45) is 4.99. The molecule has 1 heterocycles. The normalized spacial score (nSPS) is 23.3. The van der Waals surface area contributed by atoms with Crippen LogP contribution in [-0.4, -0.2) is 35.4 Å². The van der Waals surface area contributed by atoms with Gasteiger partial charge in [-0.3, -0.25) is 9.59 Å². The highest BCUT2D eigenvalue weighted by Gasteiger charge is 2.50. The van der Waals surface area contributed by atoms with E-state index in [1.54, 1.807) is 18.2 Å². The van der Waals surface area contributed by atoms with Gasteiger partial charge < -0.3 is 10.2 Å². The van der Waals surface area contributed by atoms with Crippen molar-refractivity contribution in [3.8, 4) is 0 Å². The Bertz CT molecular complexity index is 604. The van der Waals surface area contributed by atoms with Crippen molar-refractivity contribution in [3.05, 3.63) is 30.1 Å². The molecule has 2 aliphatic rings. The van der Waals surface area contributed by atoms with Crippen molar-refractivity contribution < 1.29 is 14.0 Å². The number of nitrogens with zero attached hydrogens (tertiary/aromatic N) is 1. The summed E-state index contributed by atoms with van der Waals surface area (Å²) in [5.41, 5.74) is 0.289. The number of hydrogen-bond donors (Lipinski definition) is 1. The summed E-state index contributed by atoms with van der Waals surface area (Å²) in [5, 5.41) is 2.87. The molecule has 1 aliphatic heterocycles. The molecule has 1 atom stereocenters. The summed E-state index contributed by atoms with van der Waals surface area (Å²) < 4.78 is 13.6. The van der Waals surface area contributed by atoms with E-state index in [0.717, 1.165) is 19.3 Å². The van der Waals surface area contributed by atoms with E-state index in [4.69, 9.17) is 0 Å². The molecule has 1 saturated carbocycles. The maximum absolute atomic E-state index is 13.9. The van der Waals surface area contributed by atoms with E-state index in [1.807, 2.05) is 6.26 Å². The Balaban J connectivity index is 1.73. The summed E-state index contributed by atoms with van der Waals surface area (Å²) in [6.45, 7) is 0.486. The highest BCUT2D eigenvalue weighted by molar-refractivity contribution is 8.01. The molecule has 0 unspecified atom stereocenters. The minimum Gasteiger partial charge on any atom is -0.343 e. The third-order valence-corrected chi connectivity index (χ3v) is 5.77. The van der Waals surface area contributed by atoms with Crippen molar-refractivity contribution in [2.24, 2.45) is 0 Å². The molecule has 2 fully saturated rings. The maximum atomic E-state index is 13.9. The van der Waals surface area contributed by atoms with Crippen LogP contribution < -0.4 is 10.2 Å². The summed E-state index contributed by atoms with van der Waals surface area (Å²) in [6, 6.07) is 5.70. The van der Waals surface area contributed by atoms with Crippen LogP contribution in [0.4, 0.5) is 10.1 Å². The van der Waals surface area contributed by atoms with Gasteiger partial charge in [0, 0.05) is 6.54 Å². The third kappa shape index (κ3) is 2.72. The second-order valence-corrected chi connectivity index (χ2v) is 7.00. The first-order valence-corrected chi connectivity index (χ1v) is 8.72. The number of halogens is 1. The molecule has 4 nitrogen and oxygen atoms in total. The molecule has 6 heteroatoms. The Hall–Kier alpha value is -1.56. The number of rotatable bonds is 4. The van der Waals surface area contributed by atoms with Crippen LogP contribution in [-0.2, 0) is 9.59 Å². The van der Waals surface area contributed by atoms with Crippen LogP contribution in [0.2, 0.25) is 0 Å². The zero-order chi connectivity index (χ0) is 15.7. The van der Waals surface area contributed by atoms with Crippen LogP contribution in [0.25, 0.3) is 0 Å². The molecule has 0 aromatic heterocycles. The lowest BCUT2D eigenvalue weighted by Gasteiger charge is -2.33. The molecule has 1 aliphatic carbocycles. The van der Waals surface area contributed by atoms with E-state index in [1.165, 1.54) is 22.7 Å². The van der Waals surface area contributed by atoms with Crippen LogP contribution in [0.15, 0.2) is 24.3 Å². The van der Waals surface area contributed by atoms with Gasteiger partial charge in [0.1, 0.15) is 11.9 Å². The van der Waals surface area contributed by atoms with Crippen molar-refractivity contribution >= 4 is 29.3 Å². The fourth-order valence-corrected chi connectivity index (χ4v) is 3.60. The Morgan fingerprint density at radius 3 is 2.77 bits per heavy atom. The molecule has 118 valence electrons. The Morgan fingerprint density at radius 1 is 1.41 bits per heavy atom. The lowest BCUT2D eigenvalue weighted by atomic mass is 10.0. The maximum Gasteiger partial charge on any atom is 0.249 e. The van der Waals surface area contributed by atoms with Gasteiger partial charge in [0.05, 0.1) is 10.4 Å². The van der Waals surface area contributed by atoms with Gasteiger partial charge in [-0.15, -0.1) is 11.8 Å². The van der Waals surface area contributed by atoms with E-state index in [2.05, 4.69) is 5.32 Å². The third-order valence-electron chi connectivity index (χ3n) is 4.40. The first-order chi connectivity index (χ1) is 10.6. The number of nitrogens with one attached hydrogen (secondary N) is 1. The van der Waals surface area contributed by atoms with Crippen LogP contribution in [0.1, 0.15) is 25.7 Å². The van der Waals surface area contributed by atoms with Gasteiger partial charge in [-0.25, -0.2) is 4.39 Å². The largest absolute Gasteiger partial charge is 0.343 e. The van der Waals surface area contributed by atoms with Crippen molar-refractivity contribution in [1.29, 1.82) is 0 Å². The number of anilines is 1. The quantitative estimate of drug-likeness (QED) is 0.925. The second kappa shape index (κ2) is 5.91. The molecule has 1 aromatic rings. The summed E-state index contributed by atoms with van der Waals surface area (Å²) in [4.78, 5) is 26.3. The van der Waals surface area contributed by atoms with Gasteiger partial charge in [-0.05, 0) is 44.1 Å². The van der Waals surface area contributed by atoms with Gasteiger partial charge in [0.25, 0.3) is 0 Å². The zero-order valence-corrected chi connectivity index (χ0v) is 13.3. The smallest absolute Gasteiger partial charge is 0.249 e. The second-order valence-electron chi connectivity index (χ2n) is 5.81. The van der Waals surface area contributed by atoms with E-state index in [0.29, 0.717) is 13.0 Å². The molecular weight excluding hydrogens is 303 g/mol. The number of amides is 2. The molecule has 0 radical (unpaired) electrons. The fourth-order valence-electron chi connectivity index (χ4n) is 2.85. The van der Waals surface area contributed by atoms with Gasteiger partial charge in [0.2, 0.25) is 11.8 Å². The predicted octanol–water partition coefficient (Wildman–Crippen LogP) is 2.33. The van der Waals surface area contributed by atoms with E-state index < -0.39 is 11.9 Å². The average Bonchev–Trinajstić information content (AvgIpc) is 3.31. The van der Waals surface area contributed by atoms with E-state index in [9.17, 15) is 14.0 Å². The van der Waals surface area contributed by atoms with Crippen molar-refractivity contribution in [2.45, 2.75) is 36.5 Å². The number of para-hydroxylation sites is 1. The number of carbonyl (C=O) groups excluding carboxylic acids is 2. The topological polar surface area (TPSA) is 49.4 Å². The van der Waals surface area contributed by atoms with Crippen molar-refractivity contribution in [1.82, 2.24) is 5.32 Å². The minimum absolute atomic E-state index is 0.0614. The van der Waals surface area contributed by atoms with Crippen molar-refractivity contribution in [2.75, 3.05) is 17.7 Å². The first kappa shape index (κ1) is 15.3. The molecule has 22 heavy (non-hydrogen) atoms. The van der Waals surface area contributed by atoms with Crippen molar-refractivity contribution in [3.63, 3.8) is 0 Å². The Morgan fingerprint density at radius 2 is 2.14 bits per heavy atom. The molecule has 3 rings (SSSR count). The number of hydrogen-bond acceptors (Lipinski definition) is 3.